The number of pyridine rings is 1. The van der Waals surface area contributed by atoms with Crippen molar-refractivity contribution in [1.29, 1.82) is 0 Å². The number of likely N-dealkylation sites (tertiary alicyclic amines) is 1. The van der Waals surface area contributed by atoms with E-state index in [1.54, 1.807) is 6.26 Å². The van der Waals surface area contributed by atoms with E-state index in [1.165, 1.54) is 12.8 Å². The lowest BCUT2D eigenvalue weighted by atomic mass is 10.2. The van der Waals surface area contributed by atoms with Crippen LogP contribution >= 0.6 is 24.0 Å². The molecule has 2 aromatic heterocycles. The number of aliphatic imine (C=N–C) groups is 1. The fourth-order valence-electron chi connectivity index (χ4n) is 3.32. The van der Waals surface area contributed by atoms with Gasteiger partial charge in [-0.1, -0.05) is 6.07 Å². The Morgan fingerprint density at radius 1 is 1.26 bits per heavy atom. The van der Waals surface area contributed by atoms with E-state index >= 15 is 0 Å². The van der Waals surface area contributed by atoms with Gasteiger partial charge in [0.1, 0.15) is 5.76 Å². The molecule has 0 radical (unpaired) electrons. The number of halogens is 1. The van der Waals surface area contributed by atoms with Crippen LogP contribution in [0.25, 0.3) is 0 Å². The third kappa shape index (κ3) is 6.21. The first-order valence-corrected chi connectivity index (χ1v) is 9.48. The van der Waals surface area contributed by atoms with Crippen molar-refractivity contribution in [3.8, 4) is 0 Å². The maximum absolute atomic E-state index is 5.69. The van der Waals surface area contributed by atoms with Crippen molar-refractivity contribution in [2.24, 2.45) is 4.99 Å². The lowest BCUT2D eigenvalue weighted by Crippen LogP contribution is -2.42. The second-order valence-corrected chi connectivity index (χ2v) is 6.62. The van der Waals surface area contributed by atoms with Gasteiger partial charge in [0.25, 0.3) is 0 Å². The predicted octanol–water partition coefficient (Wildman–Crippen LogP) is 3.49. The van der Waals surface area contributed by atoms with Crippen LogP contribution in [0.2, 0.25) is 0 Å². The molecule has 148 valence electrons. The zero-order valence-corrected chi connectivity index (χ0v) is 18.5. The number of hydrogen-bond acceptors (Lipinski definition) is 4. The monoisotopic (exact) mass is 483 g/mol. The summed E-state index contributed by atoms with van der Waals surface area (Å²) in [4.78, 5) is 11.6. The van der Waals surface area contributed by atoms with Gasteiger partial charge in [0.15, 0.2) is 5.96 Å². The number of nitrogens with zero attached hydrogens (tertiary/aromatic N) is 3. The summed E-state index contributed by atoms with van der Waals surface area (Å²) in [5.41, 5.74) is 2.17. The van der Waals surface area contributed by atoms with Crippen molar-refractivity contribution in [3.63, 3.8) is 0 Å². The fourth-order valence-corrected chi connectivity index (χ4v) is 3.32. The van der Waals surface area contributed by atoms with Gasteiger partial charge in [0, 0.05) is 19.3 Å². The topological polar surface area (TPSA) is 65.7 Å². The summed E-state index contributed by atoms with van der Waals surface area (Å²) >= 11 is 0. The highest BCUT2D eigenvalue weighted by atomic mass is 127. The highest BCUT2D eigenvalue weighted by Crippen LogP contribution is 2.24. The minimum absolute atomic E-state index is 0. The lowest BCUT2D eigenvalue weighted by molar-refractivity contribution is 0.215. The van der Waals surface area contributed by atoms with Crippen LogP contribution in [0.3, 0.4) is 0 Å². The second kappa shape index (κ2) is 11.3. The Morgan fingerprint density at radius 2 is 2.07 bits per heavy atom. The Labute approximate surface area is 178 Å². The average Bonchev–Trinajstić information content (AvgIpc) is 3.35. The highest BCUT2D eigenvalue weighted by molar-refractivity contribution is 14.0. The van der Waals surface area contributed by atoms with Crippen molar-refractivity contribution < 1.29 is 4.42 Å². The Morgan fingerprint density at radius 3 is 2.74 bits per heavy atom. The van der Waals surface area contributed by atoms with Crippen LogP contribution in [0, 0.1) is 6.92 Å². The second-order valence-electron chi connectivity index (χ2n) is 6.62. The summed E-state index contributed by atoms with van der Waals surface area (Å²) in [7, 11) is 0. The number of hydrogen-bond donors (Lipinski definition) is 2. The standard InChI is InChI=1S/C20H29N5O.HI/c1-3-21-20(23-14-17-16(2)8-6-10-22-17)24-15-18(19-9-7-13-26-19)25-11-4-5-12-25;/h6-10,13,18H,3-5,11-12,14-15H2,1-2H3,(H2,21,23,24);1H. The maximum atomic E-state index is 5.69. The van der Waals surface area contributed by atoms with E-state index in [-0.39, 0.29) is 30.0 Å². The van der Waals surface area contributed by atoms with E-state index in [2.05, 4.69) is 46.5 Å². The van der Waals surface area contributed by atoms with Gasteiger partial charge >= 0.3 is 0 Å². The van der Waals surface area contributed by atoms with Gasteiger partial charge in [-0.3, -0.25) is 9.88 Å². The first-order valence-electron chi connectivity index (χ1n) is 9.48. The van der Waals surface area contributed by atoms with Crippen molar-refractivity contribution in [2.45, 2.75) is 39.3 Å². The molecule has 1 atom stereocenters. The van der Waals surface area contributed by atoms with Gasteiger partial charge in [0.05, 0.1) is 24.5 Å². The molecular weight excluding hydrogens is 453 g/mol. The molecule has 1 saturated heterocycles. The first kappa shape index (κ1) is 21.7. The average molecular weight is 483 g/mol. The van der Waals surface area contributed by atoms with Crippen LogP contribution in [0.4, 0.5) is 0 Å². The molecule has 0 aliphatic carbocycles. The third-order valence-corrected chi connectivity index (χ3v) is 4.76. The summed E-state index contributed by atoms with van der Waals surface area (Å²) < 4.78 is 5.69. The van der Waals surface area contributed by atoms with Crippen LogP contribution < -0.4 is 10.6 Å². The Balaban J connectivity index is 0.00000261. The van der Waals surface area contributed by atoms with Crippen molar-refractivity contribution in [2.75, 3.05) is 26.2 Å². The molecule has 1 fully saturated rings. The van der Waals surface area contributed by atoms with Gasteiger partial charge in [0.2, 0.25) is 0 Å². The normalized spacial score (nSPS) is 16.0. The molecule has 0 spiro atoms. The fraction of sp³-hybridized carbons (Fsp3) is 0.500. The zero-order chi connectivity index (χ0) is 18.2. The molecule has 7 heteroatoms. The smallest absolute Gasteiger partial charge is 0.191 e. The van der Waals surface area contributed by atoms with E-state index < -0.39 is 0 Å². The lowest BCUT2D eigenvalue weighted by Gasteiger charge is -2.26. The molecule has 27 heavy (non-hydrogen) atoms. The molecule has 0 amide bonds. The van der Waals surface area contributed by atoms with E-state index in [9.17, 15) is 0 Å². The minimum Gasteiger partial charge on any atom is -0.468 e. The molecule has 3 rings (SSSR count). The Kier molecular flexibility index (Phi) is 9.06. The number of guanidine groups is 1. The van der Waals surface area contributed by atoms with E-state index in [0.717, 1.165) is 49.2 Å². The van der Waals surface area contributed by atoms with Crippen LogP contribution in [0.1, 0.15) is 42.8 Å². The van der Waals surface area contributed by atoms with Gasteiger partial charge in [-0.25, -0.2) is 4.99 Å². The molecular formula is C20H30IN5O. The molecule has 0 saturated carbocycles. The van der Waals surface area contributed by atoms with Crippen LogP contribution in [-0.2, 0) is 6.54 Å². The molecule has 3 heterocycles. The molecule has 1 unspecified atom stereocenters. The quantitative estimate of drug-likeness (QED) is 0.359. The molecule has 1 aliphatic rings. The van der Waals surface area contributed by atoms with Gasteiger partial charge < -0.3 is 15.1 Å². The summed E-state index contributed by atoms with van der Waals surface area (Å²) in [6.45, 7) is 8.54. The van der Waals surface area contributed by atoms with Crippen LogP contribution in [-0.4, -0.2) is 42.0 Å². The van der Waals surface area contributed by atoms with Crippen molar-refractivity contribution in [1.82, 2.24) is 20.5 Å². The SMILES string of the molecule is CCNC(=NCc1ncccc1C)NCC(c1ccco1)N1CCCC1.I. The number of nitrogens with one attached hydrogen (secondary N) is 2. The number of aryl methyl sites for hydroxylation is 1. The maximum Gasteiger partial charge on any atom is 0.191 e. The summed E-state index contributed by atoms with van der Waals surface area (Å²) in [5.74, 6) is 1.82. The molecule has 2 aromatic rings. The van der Waals surface area contributed by atoms with Crippen LogP contribution in [0.5, 0.6) is 0 Å². The molecule has 0 bridgehead atoms. The molecule has 2 N–H and O–H groups in total. The minimum atomic E-state index is 0. The van der Waals surface area contributed by atoms with Crippen LogP contribution in [0.15, 0.2) is 46.1 Å². The number of furan rings is 1. The Bertz CT molecular complexity index is 698. The van der Waals surface area contributed by atoms with E-state index in [0.29, 0.717) is 6.54 Å². The first-order chi connectivity index (χ1) is 12.8. The largest absolute Gasteiger partial charge is 0.468 e. The molecule has 1 aliphatic heterocycles. The Hall–Kier alpha value is -1.61. The number of aromatic nitrogens is 1. The van der Waals surface area contributed by atoms with Gasteiger partial charge in [-0.05, 0) is 63.5 Å². The van der Waals surface area contributed by atoms with Gasteiger partial charge in [-0.15, -0.1) is 24.0 Å². The summed E-state index contributed by atoms with van der Waals surface area (Å²) in [5, 5.41) is 6.81. The van der Waals surface area contributed by atoms with Crippen molar-refractivity contribution in [3.05, 3.63) is 53.7 Å². The molecule has 6 nitrogen and oxygen atoms in total. The van der Waals surface area contributed by atoms with E-state index in [1.807, 2.05) is 18.3 Å². The highest BCUT2D eigenvalue weighted by Gasteiger charge is 2.25. The molecule has 0 aromatic carbocycles. The number of rotatable bonds is 7. The summed E-state index contributed by atoms with van der Waals surface area (Å²) in [6, 6.07) is 8.27. The predicted molar refractivity (Wildman–Crippen MR) is 119 cm³/mol. The zero-order valence-electron chi connectivity index (χ0n) is 16.1. The third-order valence-electron chi connectivity index (χ3n) is 4.76. The van der Waals surface area contributed by atoms with Crippen molar-refractivity contribution >= 4 is 29.9 Å². The van der Waals surface area contributed by atoms with Gasteiger partial charge in [-0.2, -0.15) is 0 Å². The van der Waals surface area contributed by atoms with E-state index in [4.69, 9.17) is 9.41 Å². The summed E-state index contributed by atoms with van der Waals surface area (Å²) in [6.07, 6.45) is 6.08.